The summed E-state index contributed by atoms with van der Waals surface area (Å²) in [6, 6.07) is 15.9. The molecular weight excluding hydrogens is 452 g/mol. The number of fused-ring (bicyclic) bond motifs is 3. The number of hydrogen-bond donors (Lipinski definition) is 3. The molecule has 2 aromatic rings. The van der Waals surface area contributed by atoms with Gasteiger partial charge in [-0.3, -0.25) is 9.59 Å². The lowest BCUT2D eigenvalue weighted by Crippen LogP contribution is -2.45. The van der Waals surface area contributed by atoms with Crippen molar-refractivity contribution in [2.45, 2.75) is 39.2 Å². The Bertz CT molecular complexity index is 988. The van der Waals surface area contributed by atoms with Crippen LogP contribution in [0.3, 0.4) is 0 Å². The van der Waals surface area contributed by atoms with Crippen molar-refractivity contribution in [3.05, 3.63) is 59.7 Å². The molecule has 1 atom stereocenters. The number of carbonyl (C=O) groups excluding carboxylic acids is 2. The Morgan fingerprint density at radius 1 is 1.03 bits per heavy atom. The zero-order valence-electron chi connectivity index (χ0n) is 19.8. The molecule has 0 bridgehead atoms. The van der Waals surface area contributed by atoms with E-state index >= 15 is 0 Å². The zero-order chi connectivity index (χ0) is 24.7. The molecule has 2 amide bonds. The lowest BCUT2D eigenvalue weighted by molar-refractivity contribution is -0.138. The van der Waals surface area contributed by atoms with Crippen LogP contribution in [0, 0.1) is 5.41 Å². The Kier molecular flexibility index (Phi) is 8.61. The molecule has 0 fully saturated rings. The van der Waals surface area contributed by atoms with Gasteiger partial charge in [0.1, 0.15) is 6.61 Å². The number of ether oxygens (including phenoxy) is 1. The maximum Gasteiger partial charge on any atom is 0.407 e. The summed E-state index contributed by atoms with van der Waals surface area (Å²) in [4.78, 5) is 35.4. The Morgan fingerprint density at radius 3 is 2.18 bits per heavy atom. The number of benzene rings is 2. The Labute approximate surface area is 204 Å². The maximum absolute atomic E-state index is 12.2. The number of aliphatic carboxylic acids is 1. The second-order valence-electron chi connectivity index (χ2n) is 9.39. The third-order valence-electron chi connectivity index (χ3n) is 5.85. The minimum atomic E-state index is -0.944. The molecule has 0 aliphatic heterocycles. The van der Waals surface area contributed by atoms with E-state index in [-0.39, 0.29) is 36.0 Å². The monoisotopic (exact) mass is 484 g/mol. The van der Waals surface area contributed by atoms with Gasteiger partial charge < -0.3 is 20.5 Å². The molecule has 1 unspecified atom stereocenters. The van der Waals surface area contributed by atoms with Crippen molar-refractivity contribution in [2.24, 2.45) is 5.41 Å². The van der Waals surface area contributed by atoms with Gasteiger partial charge in [0.15, 0.2) is 0 Å². The van der Waals surface area contributed by atoms with E-state index in [1.165, 1.54) is 22.9 Å². The Hall–Kier alpha value is -3.00. The van der Waals surface area contributed by atoms with E-state index < -0.39 is 18.1 Å². The minimum Gasteiger partial charge on any atom is -0.481 e. The molecule has 0 heterocycles. The number of hydrogen-bond acceptors (Lipinski definition) is 5. The molecule has 1 aliphatic carbocycles. The predicted molar refractivity (Wildman–Crippen MR) is 134 cm³/mol. The van der Waals surface area contributed by atoms with Crippen LogP contribution in [0.4, 0.5) is 4.79 Å². The number of carboxylic acids is 1. The average molecular weight is 485 g/mol. The van der Waals surface area contributed by atoms with Crippen LogP contribution >= 0.6 is 11.8 Å². The molecule has 0 saturated heterocycles. The van der Waals surface area contributed by atoms with E-state index in [0.29, 0.717) is 12.3 Å². The first-order valence-electron chi connectivity index (χ1n) is 11.3. The third-order valence-corrected chi connectivity index (χ3v) is 6.81. The topological polar surface area (TPSA) is 105 Å². The number of carbonyl (C=O) groups is 3. The second kappa shape index (κ2) is 11.4. The van der Waals surface area contributed by atoms with Gasteiger partial charge in [0, 0.05) is 24.3 Å². The van der Waals surface area contributed by atoms with Crippen molar-refractivity contribution >= 4 is 29.7 Å². The summed E-state index contributed by atoms with van der Waals surface area (Å²) in [6.45, 7) is 6.31. The molecular formula is C26H32N2O5S. The molecule has 7 nitrogen and oxygen atoms in total. The van der Waals surface area contributed by atoms with Gasteiger partial charge in [0.2, 0.25) is 5.91 Å². The fourth-order valence-electron chi connectivity index (χ4n) is 4.02. The van der Waals surface area contributed by atoms with Crippen LogP contribution in [0.5, 0.6) is 0 Å². The van der Waals surface area contributed by atoms with Crippen LogP contribution < -0.4 is 10.6 Å². The van der Waals surface area contributed by atoms with Crippen LogP contribution in [0.1, 0.15) is 44.2 Å². The number of thioether (sulfide) groups is 1. The maximum atomic E-state index is 12.2. The SMILES string of the molecule is CC(C)(C)C(CC(=O)O)NC(=O)CSCCNC(=O)OCC1c2ccccc2-c2ccccc21. The number of amides is 2. The van der Waals surface area contributed by atoms with E-state index in [9.17, 15) is 14.4 Å². The molecule has 0 aromatic heterocycles. The molecule has 1 aliphatic rings. The number of carboxylic acid groups (broad SMARTS) is 1. The fourth-order valence-corrected chi connectivity index (χ4v) is 4.68. The molecule has 8 heteroatoms. The van der Waals surface area contributed by atoms with Crippen molar-refractivity contribution in [1.82, 2.24) is 10.6 Å². The molecule has 34 heavy (non-hydrogen) atoms. The second-order valence-corrected chi connectivity index (χ2v) is 10.5. The van der Waals surface area contributed by atoms with Gasteiger partial charge in [-0.05, 0) is 27.7 Å². The molecule has 0 saturated carbocycles. The van der Waals surface area contributed by atoms with Gasteiger partial charge in [-0.2, -0.15) is 11.8 Å². The summed E-state index contributed by atoms with van der Waals surface area (Å²) in [7, 11) is 0. The van der Waals surface area contributed by atoms with Gasteiger partial charge in [-0.15, -0.1) is 0 Å². The Balaban J connectivity index is 1.38. The van der Waals surface area contributed by atoms with Crippen molar-refractivity contribution in [3.8, 4) is 11.1 Å². The first kappa shape index (κ1) is 25.6. The number of nitrogens with one attached hydrogen (secondary N) is 2. The number of alkyl carbamates (subject to hydrolysis) is 1. The summed E-state index contributed by atoms with van der Waals surface area (Å²) >= 11 is 1.37. The summed E-state index contributed by atoms with van der Waals surface area (Å²) in [5, 5.41) is 14.6. The molecule has 3 N–H and O–H groups in total. The smallest absolute Gasteiger partial charge is 0.407 e. The zero-order valence-corrected chi connectivity index (χ0v) is 20.6. The first-order valence-corrected chi connectivity index (χ1v) is 12.5. The van der Waals surface area contributed by atoms with Crippen molar-refractivity contribution < 1.29 is 24.2 Å². The lowest BCUT2D eigenvalue weighted by atomic mass is 9.85. The van der Waals surface area contributed by atoms with Gasteiger partial charge in [0.25, 0.3) is 0 Å². The summed E-state index contributed by atoms with van der Waals surface area (Å²) < 4.78 is 5.50. The number of rotatable bonds is 10. The molecule has 0 radical (unpaired) electrons. The summed E-state index contributed by atoms with van der Waals surface area (Å²) in [5.41, 5.74) is 4.33. The average Bonchev–Trinajstić information content (AvgIpc) is 3.10. The van der Waals surface area contributed by atoms with Crippen molar-refractivity contribution in [3.63, 3.8) is 0 Å². The van der Waals surface area contributed by atoms with Crippen molar-refractivity contribution in [1.29, 1.82) is 0 Å². The van der Waals surface area contributed by atoms with Crippen LogP contribution in [0.25, 0.3) is 11.1 Å². The summed E-state index contributed by atoms with van der Waals surface area (Å²) in [5.74, 6) is -0.416. The standard InChI is InChI=1S/C26H32N2O5S/c1-26(2,3)22(14-24(30)31)28-23(29)16-34-13-12-27-25(32)33-15-21-19-10-6-4-8-17(19)18-9-5-7-11-20(18)21/h4-11,21-22H,12-16H2,1-3H3,(H,27,32)(H,28,29)(H,30,31). The van der Waals surface area contributed by atoms with E-state index in [1.54, 1.807) is 0 Å². The Morgan fingerprint density at radius 2 is 1.62 bits per heavy atom. The van der Waals surface area contributed by atoms with E-state index in [0.717, 1.165) is 11.1 Å². The molecule has 2 aromatic carbocycles. The highest BCUT2D eigenvalue weighted by molar-refractivity contribution is 7.99. The van der Waals surface area contributed by atoms with E-state index in [1.807, 2.05) is 45.0 Å². The minimum absolute atomic E-state index is 0.0118. The van der Waals surface area contributed by atoms with Crippen molar-refractivity contribution in [2.75, 3.05) is 24.7 Å². The van der Waals surface area contributed by atoms with Gasteiger partial charge in [0.05, 0.1) is 12.2 Å². The summed E-state index contributed by atoms with van der Waals surface area (Å²) in [6.07, 6.45) is -0.607. The highest BCUT2D eigenvalue weighted by atomic mass is 32.2. The van der Waals surface area contributed by atoms with Gasteiger partial charge in [-0.25, -0.2) is 4.79 Å². The van der Waals surface area contributed by atoms with Crippen LogP contribution in [-0.2, 0) is 14.3 Å². The van der Waals surface area contributed by atoms with E-state index in [4.69, 9.17) is 9.84 Å². The normalized spacial score (nSPS) is 13.5. The van der Waals surface area contributed by atoms with Crippen LogP contribution in [-0.4, -0.2) is 53.8 Å². The molecule has 0 spiro atoms. The molecule has 182 valence electrons. The van der Waals surface area contributed by atoms with Gasteiger partial charge in [-0.1, -0.05) is 69.3 Å². The largest absolute Gasteiger partial charge is 0.481 e. The molecule has 3 rings (SSSR count). The lowest BCUT2D eigenvalue weighted by Gasteiger charge is -2.30. The highest BCUT2D eigenvalue weighted by Crippen LogP contribution is 2.44. The van der Waals surface area contributed by atoms with Gasteiger partial charge >= 0.3 is 12.1 Å². The van der Waals surface area contributed by atoms with E-state index in [2.05, 4.69) is 34.9 Å². The highest BCUT2D eigenvalue weighted by Gasteiger charge is 2.29. The fraction of sp³-hybridized carbons (Fsp3) is 0.423. The van der Waals surface area contributed by atoms with Crippen LogP contribution in [0.2, 0.25) is 0 Å². The third kappa shape index (κ3) is 6.76. The van der Waals surface area contributed by atoms with Crippen LogP contribution in [0.15, 0.2) is 48.5 Å². The predicted octanol–water partition coefficient (Wildman–Crippen LogP) is 4.26. The quantitative estimate of drug-likeness (QED) is 0.435. The first-order chi connectivity index (χ1) is 16.2.